The average molecular weight is 212 g/mol. The van der Waals surface area contributed by atoms with Crippen LogP contribution in [-0.2, 0) is 19.1 Å². The average Bonchev–Trinajstić information content (AvgIpc) is 2.05. The van der Waals surface area contributed by atoms with Gasteiger partial charge >= 0.3 is 41.5 Å². The van der Waals surface area contributed by atoms with Gasteiger partial charge < -0.3 is 16.0 Å². The fraction of sp³-hybridized carbons (Fsp3) is 0.500. The van der Waals surface area contributed by atoms with Crippen LogP contribution in [0.15, 0.2) is 11.8 Å². The number of hydrogen-bond donors (Lipinski definition) is 1. The van der Waals surface area contributed by atoms with Gasteiger partial charge in [-0.2, -0.15) is 0 Å². The fourth-order valence-electron chi connectivity index (χ4n) is 0.560. The summed E-state index contributed by atoms with van der Waals surface area (Å²) in [6.07, 6.45) is 0.682. The van der Waals surface area contributed by atoms with Crippen molar-refractivity contribution in [1.82, 2.24) is 0 Å². The molecule has 0 aliphatic heterocycles. The van der Waals surface area contributed by atoms with Gasteiger partial charge in [0.2, 0.25) is 5.76 Å². The van der Waals surface area contributed by atoms with Crippen molar-refractivity contribution in [3.05, 3.63) is 11.8 Å². The molecule has 0 spiro atoms. The number of carbonyl (C=O) groups excluding carboxylic acids is 2. The van der Waals surface area contributed by atoms with Crippen LogP contribution < -0.4 is 29.6 Å². The molecule has 0 heterocycles. The summed E-state index contributed by atoms with van der Waals surface area (Å²) in [5.41, 5.74) is 0. The quantitative estimate of drug-likeness (QED) is 0.245. The zero-order valence-electron chi connectivity index (χ0n) is 9.57. The number of ether oxygens (including phenoxy) is 2. The van der Waals surface area contributed by atoms with E-state index in [2.05, 4.69) is 9.47 Å². The minimum Gasteiger partial charge on any atom is -1.00 e. The van der Waals surface area contributed by atoms with Crippen LogP contribution in [0.3, 0.4) is 0 Å². The molecular formula is C8H13NaO5. The van der Waals surface area contributed by atoms with Crippen molar-refractivity contribution >= 4 is 11.9 Å². The van der Waals surface area contributed by atoms with Gasteiger partial charge in [0.05, 0.1) is 19.3 Å². The molecule has 0 bridgehead atoms. The van der Waals surface area contributed by atoms with Crippen molar-refractivity contribution in [3.63, 3.8) is 0 Å². The number of esters is 2. The number of aliphatic hydroxyl groups excluding tert-OH is 1. The Morgan fingerprint density at radius 3 is 2.21 bits per heavy atom. The van der Waals surface area contributed by atoms with Crippen LogP contribution >= 0.6 is 0 Å². The molecule has 0 unspecified atom stereocenters. The van der Waals surface area contributed by atoms with Gasteiger partial charge in [0.25, 0.3) is 0 Å². The Morgan fingerprint density at radius 2 is 1.79 bits per heavy atom. The second-order valence-electron chi connectivity index (χ2n) is 2.00. The first-order valence-corrected chi connectivity index (χ1v) is 3.86. The normalized spacial score (nSPS) is 10.0. The Hall–Kier alpha value is -0.520. The van der Waals surface area contributed by atoms with Crippen LogP contribution in [0, 0.1) is 0 Å². The van der Waals surface area contributed by atoms with Gasteiger partial charge in [-0.05, 0) is 13.8 Å². The molecule has 0 aliphatic rings. The maximum Gasteiger partial charge on any atom is 1.00 e. The molecule has 0 aromatic rings. The van der Waals surface area contributed by atoms with E-state index in [4.69, 9.17) is 5.11 Å². The SMILES string of the molecule is CCOC(=O)C=C(O)C(=O)OCC.[H-].[Na+]. The Balaban J connectivity index is -0.000000720. The van der Waals surface area contributed by atoms with Gasteiger partial charge in [0.1, 0.15) is 0 Å². The monoisotopic (exact) mass is 212 g/mol. The van der Waals surface area contributed by atoms with Gasteiger partial charge in [-0.15, -0.1) is 0 Å². The third-order valence-corrected chi connectivity index (χ3v) is 1.03. The van der Waals surface area contributed by atoms with E-state index < -0.39 is 17.7 Å². The van der Waals surface area contributed by atoms with E-state index in [1.54, 1.807) is 13.8 Å². The first kappa shape index (κ1) is 15.9. The van der Waals surface area contributed by atoms with Crippen molar-refractivity contribution in [1.29, 1.82) is 0 Å². The van der Waals surface area contributed by atoms with Crippen LogP contribution in [0.1, 0.15) is 15.3 Å². The summed E-state index contributed by atoms with van der Waals surface area (Å²) in [7, 11) is 0. The molecule has 1 N–H and O–H groups in total. The maximum atomic E-state index is 10.7. The zero-order chi connectivity index (χ0) is 10.3. The second-order valence-corrected chi connectivity index (χ2v) is 2.00. The molecule has 6 heteroatoms. The van der Waals surface area contributed by atoms with Crippen molar-refractivity contribution in [2.75, 3.05) is 13.2 Å². The summed E-state index contributed by atoms with van der Waals surface area (Å²) in [5, 5.41) is 8.93. The predicted molar refractivity (Wildman–Crippen MR) is 45.1 cm³/mol. The molecule has 0 aliphatic carbocycles. The van der Waals surface area contributed by atoms with E-state index in [0.29, 0.717) is 6.08 Å². The molecule has 0 saturated heterocycles. The second kappa shape index (κ2) is 9.05. The van der Waals surface area contributed by atoms with Crippen LogP contribution in [0.2, 0.25) is 0 Å². The predicted octanol–water partition coefficient (Wildman–Crippen LogP) is -2.33. The molecule has 76 valence electrons. The summed E-state index contributed by atoms with van der Waals surface area (Å²) in [6.45, 7) is 3.54. The number of hydrogen-bond acceptors (Lipinski definition) is 5. The molecule has 0 aromatic carbocycles. The molecule has 0 fully saturated rings. The third-order valence-electron chi connectivity index (χ3n) is 1.03. The van der Waals surface area contributed by atoms with Crippen LogP contribution in [0.5, 0.6) is 0 Å². The molecule has 0 saturated carbocycles. The van der Waals surface area contributed by atoms with Crippen LogP contribution in [0.25, 0.3) is 0 Å². The maximum absolute atomic E-state index is 10.7. The summed E-state index contributed by atoms with van der Waals surface area (Å²) in [5.74, 6) is -2.45. The summed E-state index contributed by atoms with van der Waals surface area (Å²) >= 11 is 0. The van der Waals surface area contributed by atoms with Crippen molar-refractivity contribution in [3.8, 4) is 0 Å². The minimum atomic E-state index is -0.935. The minimum absolute atomic E-state index is 0. The molecule has 0 atom stereocenters. The standard InChI is InChI=1S/C8H12O5.Na.H/c1-3-12-7(10)5-6(9)8(11)13-4-2;;/h5,9H,3-4H2,1-2H3;;/q;+1;-1. The Morgan fingerprint density at radius 1 is 1.29 bits per heavy atom. The molecule has 0 radical (unpaired) electrons. The van der Waals surface area contributed by atoms with Gasteiger partial charge in [-0.25, -0.2) is 9.59 Å². The first-order valence-electron chi connectivity index (χ1n) is 3.86. The Bertz CT molecular complexity index is 229. The van der Waals surface area contributed by atoms with Gasteiger partial charge in [-0.3, -0.25) is 0 Å². The summed E-state index contributed by atoms with van der Waals surface area (Å²) < 4.78 is 8.88. The van der Waals surface area contributed by atoms with E-state index in [0.717, 1.165) is 0 Å². The molecule has 0 rings (SSSR count). The van der Waals surface area contributed by atoms with E-state index in [1.165, 1.54) is 0 Å². The van der Waals surface area contributed by atoms with Crippen LogP contribution in [0.4, 0.5) is 0 Å². The van der Waals surface area contributed by atoms with Crippen LogP contribution in [-0.4, -0.2) is 30.3 Å². The van der Waals surface area contributed by atoms with Crippen molar-refractivity contribution < 1.29 is 55.2 Å². The molecule has 0 aromatic heterocycles. The van der Waals surface area contributed by atoms with E-state index in [9.17, 15) is 9.59 Å². The van der Waals surface area contributed by atoms with Gasteiger partial charge in [-0.1, -0.05) is 0 Å². The molecular weight excluding hydrogens is 199 g/mol. The summed E-state index contributed by atoms with van der Waals surface area (Å²) in [6, 6.07) is 0. The third kappa shape index (κ3) is 6.94. The van der Waals surface area contributed by atoms with Gasteiger partial charge in [0, 0.05) is 0 Å². The van der Waals surface area contributed by atoms with E-state index in [1.807, 2.05) is 0 Å². The first-order chi connectivity index (χ1) is 6.11. The zero-order valence-corrected chi connectivity index (χ0v) is 10.6. The van der Waals surface area contributed by atoms with Crippen molar-refractivity contribution in [2.24, 2.45) is 0 Å². The smallest absolute Gasteiger partial charge is 1.00 e. The fourth-order valence-corrected chi connectivity index (χ4v) is 0.560. The van der Waals surface area contributed by atoms with Crippen molar-refractivity contribution in [2.45, 2.75) is 13.8 Å². The topological polar surface area (TPSA) is 72.8 Å². The number of rotatable bonds is 4. The summed E-state index contributed by atoms with van der Waals surface area (Å²) in [4.78, 5) is 21.4. The largest absolute Gasteiger partial charge is 1.00 e. The van der Waals surface area contributed by atoms with E-state index >= 15 is 0 Å². The Kier molecular flexibility index (Phi) is 10.3. The molecule has 14 heavy (non-hydrogen) atoms. The number of carbonyl (C=O) groups is 2. The molecule has 5 nitrogen and oxygen atoms in total. The molecule has 0 amide bonds. The Labute approximate surface area is 106 Å². The number of aliphatic hydroxyl groups is 1. The van der Waals surface area contributed by atoms with E-state index in [-0.39, 0.29) is 44.2 Å². The van der Waals surface area contributed by atoms with Gasteiger partial charge in [0.15, 0.2) is 0 Å².